The number of ketones is 1. The van der Waals surface area contributed by atoms with Crippen molar-refractivity contribution in [2.75, 3.05) is 39.4 Å². The first-order valence-electron chi connectivity index (χ1n) is 10.4. The Hall–Kier alpha value is -2.48. The molecule has 2 fully saturated rings. The largest absolute Gasteiger partial charge is 0.507 e. The van der Waals surface area contributed by atoms with Crippen LogP contribution in [0.5, 0.6) is 0 Å². The molecule has 2 aromatic carbocycles. The van der Waals surface area contributed by atoms with E-state index in [1.807, 2.05) is 31.2 Å². The van der Waals surface area contributed by atoms with E-state index < -0.39 is 17.7 Å². The fourth-order valence-corrected chi connectivity index (χ4v) is 4.31. The number of benzene rings is 2. The molecular formula is C24H25BrN2O4. The fraction of sp³-hybridized carbons (Fsp3) is 0.333. The molecule has 1 N–H and O–H groups in total. The molecule has 0 saturated carbocycles. The summed E-state index contributed by atoms with van der Waals surface area (Å²) in [4.78, 5) is 29.9. The second-order valence-corrected chi connectivity index (χ2v) is 8.78. The molecular weight excluding hydrogens is 460 g/mol. The minimum Gasteiger partial charge on any atom is -0.507 e. The van der Waals surface area contributed by atoms with E-state index in [2.05, 4.69) is 20.8 Å². The van der Waals surface area contributed by atoms with Crippen molar-refractivity contribution < 1.29 is 19.4 Å². The number of carbonyl (C=O) groups excluding carboxylic acids is 2. The molecule has 2 aromatic rings. The highest BCUT2D eigenvalue weighted by Crippen LogP contribution is 2.39. The SMILES string of the molecule is Cc1ccc([C@H]2C(=C(O)c3ccc(Br)cc3)C(=O)C(=O)N2CCN2CCOCC2)cc1. The van der Waals surface area contributed by atoms with Crippen LogP contribution in [0.15, 0.2) is 58.6 Å². The average Bonchev–Trinajstić information content (AvgIpc) is 3.04. The van der Waals surface area contributed by atoms with Crippen LogP contribution in [0.25, 0.3) is 5.76 Å². The molecule has 6 nitrogen and oxygen atoms in total. The van der Waals surface area contributed by atoms with Gasteiger partial charge >= 0.3 is 0 Å². The third-order valence-electron chi connectivity index (χ3n) is 5.81. The van der Waals surface area contributed by atoms with Gasteiger partial charge in [0.1, 0.15) is 5.76 Å². The van der Waals surface area contributed by atoms with Crippen LogP contribution >= 0.6 is 15.9 Å². The van der Waals surface area contributed by atoms with E-state index in [4.69, 9.17) is 4.74 Å². The lowest BCUT2D eigenvalue weighted by molar-refractivity contribution is -0.140. The summed E-state index contributed by atoms with van der Waals surface area (Å²) in [6.45, 7) is 5.99. The molecule has 2 heterocycles. The van der Waals surface area contributed by atoms with Crippen LogP contribution < -0.4 is 0 Å². The van der Waals surface area contributed by atoms with Gasteiger partial charge in [0, 0.05) is 36.2 Å². The normalized spacial score (nSPS) is 21.6. The lowest BCUT2D eigenvalue weighted by Crippen LogP contribution is -2.42. The first-order valence-corrected chi connectivity index (χ1v) is 11.2. The minimum atomic E-state index is -0.645. The van der Waals surface area contributed by atoms with Gasteiger partial charge in [-0.15, -0.1) is 0 Å². The maximum atomic E-state index is 13.0. The van der Waals surface area contributed by atoms with E-state index in [1.165, 1.54) is 0 Å². The first-order chi connectivity index (χ1) is 15.0. The Morgan fingerprint density at radius 3 is 2.32 bits per heavy atom. The molecule has 0 bridgehead atoms. The smallest absolute Gasteiger partial charge is 0.295 e. The Bertz CT molecular complexity index is 995. The number of likely N-dealkylation sites (tertiary alicyclic amines) is 1. The highest BCUT2D eigenvalue weighted by molar-refractivity contribution is 9.10. The topological polar surface area (TPSA) is 70.1 Å². The van der Waals surface area contributed by atoms with Crippen molar-refractivity contribution in [2.45, 2.75) is 13.0 Å². The zero-order valence-electron chi connectivity index (χ0n) is 17.4. The number of morpholine rings is 1. The number of hydrogen-bond acceptors (Lipinski definition) is 5. The predicted molar refractivity (Wildman–Crippen MR) is 122 cm³/mol. The molecule has 0 unspecified atom stereocenters. The second kappa shape index (κ2) is 9.34. The molecule has 4 rings (SSSR count). The van der Waals surface area contributed by atoms with Crippen LogP contribution in [-0.4, -0.2) is 66.0 Å². The van der Waals surface area contributed by atoms with Gasteiger partial charge in [-0.25, -0.2) is 0 Å². The predicted octanol–water partition coefficient (Wildman–Crippen LogP) is 3.51. The third-order valence-corrected chi connectivity index (χ3v) is 6.34. The summed E-state index contributed by atoms with van der Waals surface area (Å²) >= 11 is 3.38. The highest BCUT2D eigenvalue weighted by atomic mass is 79.9. The molecule has 2 aliphatic heterocycles. The minimum absolute atomic E-state index is 0.137. The molecule has 162 valence electrons. The summed E-state index contributed by atoms with van der Waals surface area (Å²) in [5.41, 5.74) is 2.54. The van der Waals surface area contributed by atoms with Gasteiger partial charge in [0.15, 0.2) is 0 Å². The van der Waals surface area contributed by atoms with Crippen LogP contribution in [0.3, 0.4) is 0 Å². The first kappa shape index (κ1) is 21.7. The van der Waals surface area contributed by atoms with Crippen molar-refractivity contribution >= 4 is 33.4 Å². The monoisotopic (exact) mass is 484 g/mol. The molecule has 0 aliphatic carbocycles. The van der Waals surface area contributed by atoms with Crippen molar-refractivity contribution in [1.82, 2.24) is 9.80 Å². The third kappa shape index (κ3) is 4.59. The Labute approximate surface area is 190 Å². The van der Waals surface area contributed by atoms with Gasteiger partial charge in [-0.05, 0) is 24.6 Å². The zero-order chi connectivity index (χ0) is 22.0. The van der Waals surface area contributed by atoms with Crippen molar-refractivity contribution in [3.8, 4) is 0 Å². The summed E-state index contributed by atoms with van der Waals surface area (Å²) < 4.78 is 6.26. The number of aliphatic hydroxyl groups excluding tert-OH is 1. The van der Waals surface area contributed by atoms with Crippen LogP contribution in [-0.2, 0) is 14.3 Å². The summed E-state index contributed by atoms with van der Waals surface area (Å²) in [5, 5.41) is 11.1. The number of carbonyl (C=O) groups is 2. The quantitative estimate of drug-likeness (QED) is 0.399. The molecule has 1 amide bonds. The van der Waals surface area contributed by atoms with E-state index in [9.17, 15) is 14.7 Å². The lowest BCUT2D eigenvalue weighted by atomic mass is 9.95. The number of halogens is 1. The fourth-order valence-electron chi connectivity index (χ4n) is 4.04. The van der Waals surface area contributed by atoms with Crippen molar-refractivity contribution in [3.63, 3.8) is 0 Å². The number of hydrogen-bond donors (Lipinski definition) is 1. The van der Waals surface area contributed by atoms with Gasteiger partial charge in [0.2, 0.25) is 0 Å². The van der Waals surface area contributed by atoms with E-state index in [0.29, 0.717) is 31.9 Å². The zero-order valence-corrected chi connectivity index (χ0v) is 19.0. The van der Waals surface area contributed by atoms with Crippen molar-refractivity contribution in [3.05, 3.63) is 75.3 Å². The molecule has 2 aliphatic rings. The molecule has 0 aromatic heterocycles. The maximum Gasteiger partial charge on any atom is 0.295 e. The summed E-state index contributed by atoms with van der Waals surface area (Å²) in [7, 11) is 0. The van der Waals surface area contributed by atoms with Gasteiger partial charge in [-0.1, -0.05) is 57.9 Å². The number of ether oxygens (including phenoxy) is 1. The molecule has 0 radical (unpaired) electrons. The Kier molecular flexibility index (Phi) is 6.55. The molecule has 7 heteroatoms. The summed E-state index contributed by atoms with van der Waals surface area (Å²) in [5.74, 6) is -1.37. The van der Waals surface area contributed by atoms with Crippen molar-refractivity contribution in [2.24, 2.45) is 0 Å². The van der Waals surface area contributed by atoms with Gasteiger partial charge in [-0.3, -0.25) is 14.5 Å². The van der Waals surface area contributed by atoms with Gasteiger partial charge in [0.25, 0.3) is 11.7 Å². The van der Waals surface area contributed by atoms with E-state index in [-0.39, 0.29) is 11.3 Å². The Balaban J connectivity index is 1.72. The van der Waals surface area contributed by atoms with Crippen LogP contribution in [0.1, 0.15) is 22.7 Å². The number of Topliss-reactive ketones (excluding diaryl/α,β-unsaturated/α-hetero) is 1. The van der Waals surface area contributed by atoms with E-state index >= 15 is 0 Å². The van der Waals surface area contributed by atoms with Crippen LogP contribution in [0.2, 0.25) is 0 Å². The van der Waals surface area contributed by atoms with Gasteiger partial charge in [-0.2, -0.15) is 0 Å². The second-order valence-electron chi connectivity index (χ2n) is 7.86. The molecule has 0 spiro atoms. The lowest BCUT2D eigenvalue weighted by Gasteiger charge is -2.31. The Morgan fingerprint density at radius 1 is 1.03 bits per heavy atom. The molecule has 31 heavy (non-hydrogen) atoms. The average molecular weight is 485 g/mol. The molecule has 2 saturated heterocycles. The highest BCUT2D eigenvalue weighted by Gasteiger charge is 2.46. The van der Waals surface area contributed by atoms with Crippen LogP contribution in [0, 0.1) is 6.92 Å². The van der Waals surface area contributed by atoms with Crippen molar-refractivity contribution in [1.29, 1.82) is 0 Å². The van der Waals surface area contributed by atoms with Crippen LogP contribution in [0.4, 0.5) is 0 Å². The number of aliphatic hydroxyl groups is 1. The van der Waals surface area contributed by atoms with E-state index in [0.717, 1.165) is 28.7 Å². The number of amides is 1. The van der Waals surface area contributed by atoms with Gasteiger partial charge in [0.05, 0.1) is 24.8 Å². The summed E-state index contributed by atoms with van der Waals surface area (Å²) in [6.07, 6.45) is 0. The molecule has 1 atom stereocenters. The maximum absolute atomic E-state index is 13.0. The standard InChI is InChI=1S/C24H25BrN2O4/c1-16-2-4-17(5-3-16)21-20(22(28)18-6-8-19(25)9-7-18)23(29)24(30)27(21)11-10-26-12-14-31-15-13-26/h2-9,21,28H,10-15H2,1H3/t21-/m0/s1. The van der Waals surface area contributed by atoms with E-state index in [1.54, 1.807) is 29.2 Å². The number of nitrogens with zero attached hydrogens (tertiary/aromatic N) is 2. The Morgan fingerprint density at radius 2 is 1.68 bits per heavy atom. The summed E-state index contributed by atoms with van der Waals surface area (Å²) in [6, 6.07) is 14.2. The number of rotatable bonds is 5. The van der Waals surface area contributed by atoms with Gasteiger partial charge < -0.3 is 14.7 Å². The number of aryl methyl sites for hydroxylation is 1.